The summed E-state index contributed by atoms with van der Waals surface area (Å²) in [7, 11) is 6.73. The van der Waals surface area contributed by atoms with E-state index in [1.807, 2.05) is 40.1 Å². The van der Waals surface area contributed by atoms with Crippen LogP contribution in [0, 0.1) is 0 Å². The molecule has 3 heterocycles. The van der Waals surface area contributed by atoms with Gasteiger partial charge in [-0.25, -0.2) is 14.5 Å². The molecule has 210 valence electrons. The van der Waals surface area contributed by atoms with Crippen molar-refractivity contribution in [2.45, 2.75) is 32.1 Å². The molecule has 0 saturated carbocycles. The maximum absolute atomic E-state index is 12.7. The molecule has 40 heavy (non-hydrogen) atoms. The van der Waals surface area contributed by atoms with E-state index in [4.69, 9.17) is 27.9 Å². The summed E-state index contributed by atoms with van der Waals surface area (Å²) in [4.78, 5) is 35.6. The first-order valence-electron chi connectivity index (χ1n) is 12.5. The number of methoxy groups -OCH3 is 1. The average molecular weight is 585 g/mol. The Morgan fingerprint density at radius 3 is 2.40 bits per heavy atom. The van der Waals surface area contributed by atoms with Crippen molar-refractivity contribution < 1.29 is 14.6 Å². The van der Waals surface area contributed by atoms with Gasteiger partial charge in [0.15, 0.2) is 5.69 Å². The molecule has 0 fully saturated rings. The monoisotopic (exact) mass is 584 g/mol. The van der Waals surface area contributed by atoms with Gasteiger partial charge in [-0.05, 0) is 41.7 Å². The molecule has 4 rings (SSSR count). The lowest BCUT2D eigenvalue weighted by molar-refractivity contribution is 0.0688. The van der Waals surface area contributed by atoms with Gasteiger partial charge in [-0.15, -0.1) is 0 Å². The van der Waals surface area contributed by atoms with Crippen molar-refractivity contribution in [2.75, 3.05) is 26.1 Å². The Kier molecular flexibility index (Phi) is 8.51. The third-order valence-corrected chi connectivity index (χ3v) is 7.03. The van der Waals surface area contributed by atoms with E-state index in [0.717, 1.165) is 11.1 Å². The summed E-state index contributed by atoms with van der Waals surface area (Å²) in [5, 5.41) is 15.6. The number of pyridine rings is 1. The number of carbonyl (C=O) groups is 1. The quantitative estimate of drug-likeness (QED) is 0.294. The third-order valence-electron chi connectivity index (χ3n) is 6.51. The molecule has 0 amide bonds. The lowest BCUT2D eigenvalue weighted by atomic mass is 9.83. The van der Waals surface area contributed by atoms with Crippen molar-refractivity contribution >= 4 is 35.1 Å². The smallest absolute Gasteiger partial charge is 0.356 e. The summed E-state index contributed by atoms with van der Waals surface area (Å²) in [5.74, 6) is -1.14. The zero-order valence-corrected chi connectivity index (χ0v) is 24.5. The summed E-state index contributed by atoms with van der Waals surface area (Å²) < 4.78 is 8.55. The van der Waals surface area contributed by atoms with Crippen molar-refractivity contribution in [3.63, 3.8) is 0 Å². The van der Waals surface area contributed by atoms with Crippen LogP contribution in [0.15, 0.2) is 47.5 Å². The predicted octanol–water partition coefficient (Wildman–Crippen LogP) is 4.94. The van der Waals surface area contributed by atoms with Crippen molar-refractivity contribution in [1.82, 2.24) is 24.3 Å². The van der Waals surface area contributed by atoms with E-state index in [2.05, 4.69) is 15.1 Å². The van der Waals surface area contributed by atoms with E-state index in [0.29, 0.717) is 34.3 Å². The summed E-state index contributed by atoms with van der Waals surface area (Å²) in [6.45, 7) is 3.93. The zero-order valence-electron chi connectivity index (χ0n) is 23.0. The number of rotatable bonds is 9. The number of carboxylic acids is 1. The molecule has 3 aromatic heterocycles. The molecule has 0 saturated heterocycles. The van der Waals surface area contributed by atoms with Crippen LogP contribution in [-0.4, -0.2) is 56.6 Å². The molecule has 0 aliphatic rings. The highest BCUT2D eigenvalue weighted by atomic mass is 35.5. The fraction of sp³-hybridized carbons (Fsp3) is 0.321. The second-order valence-electron chi connectivity index (χ2n) is 9.90. The van der Waals surface area contributed by atoms with E-state index in [9.17, 15) is 14.7 Å². The van der Waals surface area contributed by atoms with Gasteiger partial charge in [0, 0.05) is 43.8 Å². The fourth-order valence-corrected chi connectivity index (χ4v) is 5.11. The molecule has 4 aromatic rings. The SMILES string of the molecule is COc1nc(N(C)C)ncc1-n1nc(C(=O)O)c(C(Cc2cc(Cl)c(=O)n(C)c2)c2ccc(Cl)cc2)c1C(C)C. The van der Waals surface area contributed by atoms with E-state index in [-0.39, 0.29) is 28.1 Å². The maximum atomic E-state index is 12.7. The van der Waals surface area contributed by atoms with Crippen LogP contribution in [0.1, 0.15) is 58.6 Å². The molecular formula is C28H30Cl2N6O4. The molecule has 1 atom stereocenters. The van der Waals surface area contributed by atoms with Crippen LogP contribution in [0.4, 0.5) is 5.95 Å². The lowest BCUT2D eigenvalue weighted by Gasteiger charge is -2.22. The molecule has 0 aliphatic heterocycles. The Balaban J connectivity index is 2.02. The van der Waals surface area contributed by atoms with Gasteiger partial charge in [-0.3, -0.25) is 4.79 Å². The molecule has 1 unspecified atom stereocenters. The first-order chi connectivity index (χ1) is 18.9. The van der Waals surface area contributed by atoms with E-state index in [1.165, 1.54) is 11.7 Å². The van der Waals surface area contributed by atoms with Crippen molar-refractivity contribution in [2.24, 2.45) is 7.05 Å². The molecule has 10 nitrogen and oxygen atoms in total. The van der Waals surface area contributed by atoms with Crippen LogP contribution >= 0.6 is 23.2 Å². The molecule has 1 aromatic carbocycles. The van der Waals surface area contributed by atoms with E-state index in [1.54, 1.807) is 47.2 Å². The topological polar surface area (TPSA) is 115 Å². The Labute approximate surface area is 241 Å². The summed E-state index contributed by atoms with van der Waals surface area (Å²) in [6, 6.07) is 8.85. The zero-order chi connectivity index (χ0) is 29.3. The van der Waals surface area contributed by atoms with Crippen molar-refractivity contribution in [3.8, 4) is 11.6 Å². The summed E-state index contributed by atoms with van der Waals surface area (Å²) in [5.41, 5.74) is 2.74. The van der Waals surface area contributed by atoms with Gasteiger partial charge in [0.1, 0.15) is 10.7 Å². The van der Waals surface area contributed by atoms with Gasteiger partial charge in [-0.1, -0.05) is 49.2 Å². The van der Waals surface area contributed by atoms with E-state index >= 15 is 0 Å². The molecule has 1 N–H and O–H groups in total. The largest absolute Gasteiger partial charge is 0.479 e. The van der Waals surface area contributed by atoms with E-state index < -0.39 is 11.9 Å². The van der Waals surface area contributed by atoms with Gasteiger partial charge in [0.05, 0.1) is 19.0 Å². The number of hydrogen-bond acceptors (Lipinski definition) is 7. The Hall–Kier alpha value is -3.89. The first kappa shape index (κ1) is 29.1. The number of aromatic nitrogens is 5. The van der Waals surface area contributed by atoms with Crippen LogP contribution in [0.2, 0.25) is 10.0 Å². The van der Waals surface area contributed by atoms with Crippen LogP contribution in [-0.2, 0) is 13.5 Å². The van der Waals surface area contributed by atoms with Gasteiger partial charge in [0.2, 0.25) is 11.8 Å². The Morgan fingerprint density at radius 2 is 1.85 bits per heavy atom. The number of halogens is 2. The van der Waals surface area contributed by atoms with Gasteiger partial charge >= 0.3 is 5.97 Å². The summed E-state index contributed by atoms with van der Waals surface area (Å²) >= 11 is 12.4. The molecule has 0 spiro atoms. The highest BCUT2D eigenvalue weighted by Gasteiger charge is 2.33. The van der Waals surface area contributed by atoms with Crippen molar-refractivity contribution in [3.05, 3.63) is 91.2 Å². The minimum absolute atomic E-state index is 0.0796. The number of anilines is 1. The van der Waals surface area contributed by atoms with Crippen LogP contribution in [0.3, 0.4) is 0 Å². The molecular weight excluding hydrogens is 555 g/mol. The minimum atomic E-state index is -1.18. The van der Waals surface area contributed by atoms with Crippen LogP contribution < -0.4 is 15.2 Å². The van der Waals surface area contributed by atoms with Crippen LogP contribution in [0.25, 0.3) is 5.69 Å². The molecule has 12 heteroatoms. The van der Waals surface area contributed by atoms with Crippen molar-refractivity contribution in [1.29, 1.82) is 0 Å². The highest BCUT2D eigenvalue weighted by molar-refractivity contribution is 6.30. The Morgan fingerprint density at radius 1 is 1.18 bits per heavy atom. The molecule has 0 aliphatic carbocycles. The first-order valence-corrected chi connectivity index (χ1v) is 13.2. The number of benzene rings is 1. The van der Waals surface area contributed by atoms with Crippen LogP contribution in [0.5, 0.6) is 5.88 Å². The van der Waals surface area contributed by atoms with Gasteiger partial charge in [0.25, 0.3) is 5.56 Å². The number of carboxylic acid groups (broad SMARTS) is 1. The molecule has 0 bridgehead atoms. The third kappa shape index (κ3) is 5.68. The lowest BCUT2D eigenvalue weighted by Crippen LogP contribution is -2.19. The fourth-order valence-electron chi connectivity index (χ4n) is 4.71. The highest BCUT2D eigenvalue weighted by Crippen LogP contribution is 2.39. The number of nitrogens with zero attached hydrogens (tertiary/aromatic N) is 6. The minimum Gasteiger partial charge on any atom is -0.479 e. The molecule has 0 radical (unpaired) electrons. The maximum Gasteiger partial charge on any atom is 0.356 e. The number of aryl methyl sites for hydroxylation is 1. The predicted molar refractivity (Wildman–Crippen MR) is 155 cm³/mol. The number of hydrogen-bond donors (Lipinski definition) is 1. The van der Waals surface area contributed by atoms with Gasteiger partial charge < -0.3 is 19.3 Å². The number of ether oxygens (including phenoxy) is 1. The van der Waals surface area contributed by atoms with Gasteiger partial charge in [-0.2, -0.15) is 10.1 Å². The number of aromatic carboxylic acids is 1. The second-order valence-corrected chi connectivity index (χ2v) is 10.7. The second kappa shape index (κ2) is 11.7. The average Bonchev–Trinajstić information content (AvgIpc) is 3.31. The normalized spacial score (nSPS) is 12.0. The standard InChI is InChI=1S/C28H30Cl2N6O4/c1-15(2)24-22(23(27(38)39)33-36(24)21-13-31-28(34(3)4)32-25(21)40-6)19(17-7-9-18(29)10-8-17)11-16-12-20(30)26(37)35(5)14-16/h7-10,12-15,19H,11H2,1-6H3,(H,38,39). The Bertz CT molecular complexity index is 1590. The summed E-state index contributed by atoms with van der Waals surface area (Å²) in [6.07, 6.45) is 3.61.